The van der Waals surface area contributed by atoms with Crippen LogP contribution >= 0.6 is 0 Å². The Bertz CT molecular complexity index is 351. The average molecular weight is 276 g/mol. The second-order valence-electron chi connectivity index (χ2n) is 4.33. The van der Waals surface area contributed by atoms with Crippen molar-refractivity contribution in [3.8, 4) is 0 Å². The standard InChI is InChI=1S/C10H16N2O7/c1-2-3-11-10(13)18-6-4-16-9-7(19-12(14)15)5-17-8(6)9/h6-9H,2-5H2,1H3,(H,11,13)/t6-,7+,8+,9+/m0/s1. The van der Waals surface area contributed by atoms with Crippen molar-refractivity contribution in [2.45, 2.75) is 37.8 Å². The van der Waals surface area contributed by atoms with E-state index in [0.717, 1.165) is 6.42 Å². The molecule has 1 amide bonds. The lowest BCUT2D eigenvalue weighted by molar-refractivity contribution is -0.769. The van der Waals surface area contributed by atoms with Crippen LogP contribution in [0.4, 0.5) is 4.79 Å². The highest BCUT2D eigenvalue weighted by atomic mass is 17.0. The highest BCUT2D eigenvalue weighted by Crippen LogP contribution is 2.30. The zero-order valence-electron chi connectivity index (χ0n) is 10.4. The maximum atomic E-state index is 11.4. The minimum Gasteiger partial charge on any atom is -0.441 e. The monoisotopic (exact) mass is 276 g/mol. The molecule has 0 unspecified atom stereocenters. The highest BCUT2D eigenvalue weighted by molar-refractivity contribution is 5.67. The third-order valence-electron chi connectivity index (χ3n) is 2.96. The molecular weight excluding hydrogens is 260 g/mol. The molecule has 4 atom stereocenters. The van der Waals surface area contributed by atoms with Crippen LogP contribution in [0.15, 0.2) is 0 Å². The van der Waals surface area contributed by atoms with Crippen molar-refractivity contribution in [2.75, 3.05) is 19.8 Å². The summed E-state index contributed by atoms with van der Waals surface area (Å²) >= 11 is 0. The van der Waals surface area contributed by atoms with Gasteiger partial charge in [0.15, 0.2) is 12.2 Å². The number of hydrogen-bond donors (Lipinski definition) is 1. The molecule has 1 N–H and O–H groups in total. The van der Waals surface area contributed by atoms with Crippen LogP contribution in [-0.2, 0) is 19.0 Å². The van der Waals surface area contributed by atoms with Crippen LogP contribution in [0.25, 0.3) is 0 Å². The molecule has 19 heavy (non-hydrogen) atoms. The predicted octanol–water partition coefficient (Wildman–Crippen LogP) is -0.134. The summed E-state index contributed by atoms with van der Waals surface area (Å²) in [5, 5.41) is 12.0. The molecule has 0 saturated carbocycles. The minimum atomic E-state index is -0.873. The van der Waals surface area contributed by atoms with Gasteiger partial charge in [0.2, 0.25) is 0 Å². The van der Waals surface area contributed by atoms with Gasteiger partial charge < -0.3 is 24.4 Å². The molecule has 108 valence electrons. The van der Waals surface area contributed by atoms with Gasteiger partial charge in [-0.15, -0.1) is 10.1 Å². The van der Waals surface area contributed by atoms with E-state index in [0.29, 0.717) is 6.54 Å². The van der Waals surface area contributed by atoms with E-state index in [1.54, 1.807) is 0 Å². The van der Waals surface area contributed by atoms with Crippen LogP contribution in [0.3, 0.4) is 0 Å². The lowest BCUT2D eigenvalue weighted by atomic mass is 10.1. The van der Waals surface area contributed by atoms with Crippen molar-refractivity contribution in [1.29, 1.82) is 0 Å². The van der Waals surface area contributed by atoms with Crippen molar-refractivity contribution in [3.05, 3.63) is 10.1 Å². The largest absolute Gasteiger partial charge is 0.441 e. The first kappa shape index (κ1) is 13.8. The number of hydrogen-bond acceptors (Lipinski definition) is 7. The first-order valence-corrected chi connectivity index (χ1v) is 6.10. The summed E-state index contributed by atoms with van der Waals surface area (Å²) in [5.41, 5.74) is 0. The number of nitrogens with zero attached hydrogens (tertiary/aromatic N) is 1. The number of ether oxygens (including phenoxy) is 3. The fraction of sp³-hybridized carbons (Fsp3) is 0.900. The molecule has 0 aromatic rings. The Balaban J connectivity index is 1.83. The lowest BCUT2D eigenvalue weighted by Gasteiger charge is -2.16. The molecule has 2 heterocycles. The Morgan fingerprint density at radius 2 is 2.00 bits per heavy atom. The lowest BCUT2D eigenvalue weighted by Crippen LogP contribution is -2.38. The van der Waals surface area contributed by atoms with Crippen LogP contribution in [0.5, 0.6) is 0 Å². The number of alkyl carbamates (subject to hydrolysis) is 1. The molecule has 0 aliphatic carbocycles. The smallest absolute Gasteiger partial charge is 0.407 e. The first-order valence-electron chi connectivity index (χ1n) is 6.10. The van der Waals surface area contributed by atoms with Crippen molar-refractivity contribution >= 4 is 6.09 Å². The van der Waals surface area contributed by atoms with Crippen molar-refractivity contribution < 1.29 is 28.9 Å². The fourth-order valence-electron chi connectivity index (χ4n) is 2.14. The quantitative estimate of drug-likeness (QED) is 0.550. The van der Waals surface area contributed by atoms with E-state index < -0.39 is 35.6 Å². The van der Waals surface area contributed by atoms with Crippen LogP contribution in [0.2, 0.25) is 0 Å². The predicted molar refractivity (Wildman–Crippen MR) is 59.9 cm³/mol. The summed E-state index contributed by atoms with van der Waals surface area (Å²) < 4.78 is 15.9. The molecule has 0 radical (unpaired) electrons. The zero-order chi connectivity index (χ0) is 13.8. The molecule has 0 aromatic heterocycles. The summed E-state index contributed by atoms with van der Waals surface area (Å²) in [5.74, 6) is 0. The summed E-state index contributed by atoms with van der Waals surface area (Å²) in [7, 11) is 0. The van der Waals surface area contributed by atoms with E-state index in [1.165, 1.54) is 0 Å². The first-order chi connectivity index (χ1) is 9.11. The number of carbonyl (C=O) groups is 1. The highest BCUT2D eigenvalue weighted by Gasteiger charge is 2.51. The van der Waals surface area contributed by atoms with Gasteiger partial charge >= 0.3 is 6.09 Å². The van der Waals surface area contributed by atoms with Gasteiger partial charge in [-0.1, -0.05) is 6.92 Å². The molecule has 2 aliphatic heterocycles. The summed E-state index contributed by atoms with van der Waals surface area (Å²) in [6.45, 7) is 2.64. The van der Waals surface area contributed by atoms with E-state index >= 15 is 0 Å². The fourth-order valence-corrected chi connectivity index (χ4v) is 2.14. The number of nitrogens with one attached hydrogen (secondary N) is 1. The van der Waals surface area contributed by atoms with Crippen LogP contribution in [-0.4, -0.2) is 55.4 Å². The van der Waals surface area contributed by atoms with Crippen molar-refractivity contribution in [3.63, 3.8) is 0 Å². The Morgan fingerprint density at radius 1 is 1.37 bits per heavy atom. The number of rotatable bonds is 5. The van der Waals surface area contributed by atoms with Gasteiger partial charge in [-0.3, -0.25) is 0 Å². The van der Waals surface area contributed by atoms with Crippen LogP contribution in [0, 0.1) is 10.1 Å². The van der Waals surface area contributed by atoms with E-state index in [-0.39, 0.29) is 13.2 Å². The summed E-state index contributed by atoms with van der Waals surface area (Å²) in [6, 6.07) is 0. The molecule has 2 saturated heterocycles. The molecule has 0 spiro atoms. The molecule has 0 bridgehead atoms. The molecule has 0 aromatic carbocycles. The number of amides is 1. The second kappa shape index (κ2) is 6.02. The van der Waals surface area contributed by atoms with Gasteiger partial charge in [-0.05, 0) is 6.42 Å². The maximum Gasteiger partial charge on any atom is 0.407 e. The van der Waals surface area contributed by atoms with Crippen molar-refractivity contribution in [1.82, 2.24) is 5.32 Å². The van der Waals surface area contributed by atoms with E-state index in [9.17, 15) is 14.9 Å². The molecule has 9 heteroatoms. The van der Waals surface area contributed by atoms with Crippen molar-refractivity contribution in [2.24, 2.45) is 0 Å². The van der Waals surface area contributed by atoms with Gasteiger partial charge in [0, 0.05) is 6.54 Å². The van der Waals surface area contributed by atoms with E-state index in [1.807, 2.05) is 6.92 Å². The van der Waals surface area contributed by atoms with E-state index in [2.05, 4.69) is 10.2 Å². The van der Waals surface area contributed by atoms with Crippen LogP contribution < -0.4 is 5.32 Å². The normalized spacial score (nSPS) is 32.7. The number of carbonyl (C=O) groups excluding carboxylic acids is 1. The van der Waals surface area contributed by atoms with Gasteiger partial charge in [0.1, 0.15) is 12.2 Å². The SMILES string of the molecule is CCCNC(=O)O[C@H]1CO[C@H]2[C@@H]1OC[C@H]2O[N+](=O)[O-]. The third kappa shape index (κ3) is 3.24. The van der Waals surface area contributed by atoms with E-state index in [4.69, 9.17) is 14.2 Å². The van der Waals surface area contributed by atoms with Crippen LogP contribution in [0.1, 0.15) is 13.3 Å². The zero-order valence-corrected chi connectivity index (χ0v) is 10.4. The Morgan fingerprint density at radius 3 is 2.63 bits per heavy atom. The molecule has 9 nitrogen and oxygen atoms in total. The molecule has 2 fully saturated rings. The topological polar surface area (TPSA) is 109 Å². The van der Waals surface area contributed by atoms with Gasteiger partial charge in [0.25, 0.3) is 5.09 Å². The summed E-state index contributed by atoms with van der Waals surface area (Å²) in [4.78, 5) is 26.2. The Hall–Kier alpha value is -1.61. The molecule has 2 rings (SSSR count). The second-order valence-corrected chi connectivity index (χ2v) is 4.33. The maximum absolute atomic E-state index is 11.4. The van der Waals surface area contributed by atoms with Gasteiger partial charge in [0.05, 0.1) is 13.2 Å². The molecule has 2 aliphatic rings. The summed E-state index contributed by atoms with van der Waals surface area (Å²) in [6.07, 6.45) is -2.17. The Labute approximate surface area is 109 Å². The van der Waals surface area contributed by atoms with Gasteiger partial charge in [-0.25, -0.2) is 4.79 Å². The average Bonchev–Trinajstić information content (AvgIpc) is 2.91. The minimum absolute atomic E-state index is 0.0484. The Kier molecular flexibility index (Phi) is 4.38. The number of fused-ring (bicyclic) bond motifs is 1. The van der Waals surface area contributed by atoms with Gasteiger partial charge in [-0.2, -0.15) is 0 Å². The molecular formula is C10H16N2O7. The third-order valence-corrected chi connectivity index (χ3v) is 2.96.